The van der Waals surface area contributed by atoms with Crippen molar-refractivity contribution in [3.05, 3.63) is 22.4 Å². The van der Waals surface area contributed by atoms with E-state index in [1.807, 2.05) is 13.0 Å². The fourth-order valence-electron chi connectivity index (χ4n) is 1.67. The molecule has 2 unspecified atom stereocenters. The van der Waals surface area contributed by atoms with Crippen LogP contribution in [0, 0.1) is 5.92 Å². The summed E-state index contributed by atoms with van der Waals surface area (Å²) in [5.41, 5.74) is 2.86. The Labute approximate surface area is 95.6 Å². The summed E-state index contributed by atoms with van der Waals surface area (Å²) in [5, 5.41) is 2.06. The van der Waals surface area contributed by atoms with Gasteiger partial charge < -0.3 is 4.74 Å². The van der Waals surface area contributed by atoms with Crippen LogP contribution in [0.3, 0.4) is 0 Å². The summed E-state index contributed by atoms with van der Waals surface area (Å²) in [5.74, 6) is 6.05. The molecule has 86 valence electrons. The van der Waals surface area contributed by atoms with Crippen molar-refractivity contribution in [2.24, 2.45) is 11.8 Å². The van der Waals surface area contributed by atoms with E-state index in [2.05, 4.69) is 30.7 Å². The number of hydrogen-bond acceptors (Lipinski definition) is 4. The van der Waals surface area contributed by atoms with E-state index in [9.17, 15) is 0 Å². The first-order chi connectivity index (χ1) is 7.20. The first-order valence-corrected chi connectivity index (χ1v) is 6.19. The zero-order chi connectivity index (χ0) is 11.3. The minimum Gasteiger partial charge on any atom is -0.376 e. The molecule has 0 bridgehead atoms. The molecule has 0 spiro atoms. The maximum Gasteiger partial charge on any atom is 0.0817 e. The van der Waals surface area contributed by atoms with Crippen LogP contribution < -0.4 is 11.3 Å². The Balaban J connectivity index is 2.78. The van der Waals surface area contributed by atoms with Gasteiger partial charge in [0.15, 0.2) is 0 Å². The Bertz CT molecular complexity index is 262. The van der Waals surface area contributed by atoms with Gasteiger partial charge in [-0.3, -0.25) is 5.84 Å². The Hall–Kier alpha value is -0.420. The molecule has 15 heavy (non-hydrogen) atoms. The molecule has 3 N–H and O–H groups in total. The third-order valence-corrected chi connectivity index (χ3v) is 3.33. The highest BCUT2D eigenvalue weighted by atomic mass is 32.1. The van der Waals surface area contributed by atoms with E-state index in [0.717, 1.165) is 0 Å². The lowest BCUT2D eigenvalue weighted by atomic mass is 9.98. The normalized spacial score (nSPS) is 15.5. The van der Waals surface area contributed by atoms with Crippen LogP contribution in [0.2, 0.25) is 0 Å². The standard InChI is InChI=1S/C11H20N2OS/c1-4-14-11(8(2)3)10(13-12)9-6-5-7-15-9/h5-8,10-11,13H,4,12H2,1-3H3. The zero-order valence-corrected chi connectivity index (χ0v) is 10.4. The van der Waals surface area contributed by atoms with Crippen molar-refractivity contribution < 1.29 is 4.74 Å². The van der Waals surface area contributed by atoms with Gasteiger partial charge in [-0.1, -0.05) is 19.9 Å². The third-order valence-electron chi connectivity index (χ3n) is 2.37. The predicted molar refractivity (Wildman–Crippen MR) is 64.6 cm³/mol. The Kier molecular flexibility index (Phi) is 5.25. The largest absolute Gasteiger partial charge is 0.376 e. The highest BCUT2D eigenvalue weighted by Gasteiger charge is 2.26. The van der Waals surface area contributed by atoms with E-state index in [4.69, 9.17) is 10.6 Å². The molecule has 0 amide bonds. The van der Waals surface area contributed by atoms with Crippen molar-refractivity contribution in [3.8, 4) is 0 Å². The zero-order valence-electron chi connectivity index (χ0n) is 9.57. The maximum absolute atomic E-state index is 5.74. The first-order valence-electron chi connectivity index (χ1n) is 5.31. The molecule has 1 aromatic rings. The van der Waals surface area contributed by atoms with Crippen molar-refractivity contribution in [1.82, 2.24) is 5.43 Å². The third kappa shape index (κ3) is 3.28. The van der Waals surface area contributed by atoms with Crippen molar-refractivity contribution in [2.45, 2.75) is 32.9 Å². The van der Waals surface area contributed by atoms with Crippen molar-refractivity contribution in [1.29, 1.82) is 0 Å². The number of ether oxygens (including phenoxy) is 1. The maximum atomic E-state index is 5.74. The van der Waals surface area contributed by atoms with Gasteiger partial charge in [-0.25, -0.2) is 5.43 Å². The minimum atomic E-state index is 0.0879. The van der Waals surface area contributed by atoms with E-state index in [1.165, 1.54) is 4.88 Å². The molecule has 0 radical (unpaired) electrons. The Morgan fingerprint density at radius 3 is 2.67 bits per heavy atom. The molecular formula is C11H20N2OS. The van der Waals surface area contributed by atoms with Gasteiger partial charge in [0.2, 0.25) is 0 Å². The van der Waals surface area contributed by atoms with E-state index >= 15 is 0 Å². The second-order valence-corrected chi connectivity index (χ2v) is 4.80. The van der Waals surface area contributed by atoms with E-state index < -0.39 is 0 Å². The van der Waals surface area contributed by atoms with Crippen LogP contribution >= 0.6 is 11.3 Å². The van der Waals surface area contributed by atoms with E-state index in [1.54, 1.807) is 11.3 Å². The average molecular weight is 228 g/mol. The first kappa shape index (κ1) is 12.6. The molecule has 1 rings (SSSR count). The number of hydrogen-bond donors (Lipinski definition) is 2. The molecule has 0 fully saturated rings. The second kappa shape index (κ2) is 6.23. The molecule has 3 nitrogen and oxygen atoms in total. The number of hydrazine groups is 1. The number of nitrogens with two attached hydrogens (primary N) is 1. The number of thiophene rings is 1. The Morgan fingerprint density at radius 2 is 2.27 bits per heavy atom. The van der Waals surface area contributed by atoms with Crippen LogP contribution in [0.15, 0.2) is 17.5 Å². The van der Waals surface area contributed by atoms with E-state index in [-0.39, 0.29) is 12.1 Å². The summed E-state index contributed by atoms with van der Waals surface area (Å²) in [6.07, 6.45) is 0.124. The minimum absolute atomic E-state index is 0.0879. The van der Waals surface area contributed by atoms with E-state index in [0.29, 0.717) is 12.5 Å². The monoisotopic (exact) mass is 228 g/mol. The number of rotatable bonds is 6. The molecule has 0 aliphatic heterocycles. The van der Waals surface area contributed by atoms with Gasteiger partial charge in [-0.15, -0.1) is 11.3 Å². The summed E-state index contributed by atoms with van der Waals surface area (Å²) in [4.78, 5) is 1.23. The lowest BCUT2D eigenvalue weighted by molar-refractivity contribution is 0.00362. The molecule has 0 saturated carbocycles. The van der Waals surface area contributed by atoms with Crippen molar-refractivity contribution in [3.63, 3.8) is 0 Å². The summed E-state index contributed by atoms with van der Waals surface area (Å²) in [6, 6.07) is 4.21. The van der Waals surface area contributed by atoms with Gasteiger partial charge in [0.25, 0.3) is 0 Å². The van der Waals surface area contributed by atoms with Gasteiger partial charge in [-0.2, -0.15) is 0 Å². The molecule has 4 heteroatoms. The molecule has 1 aromatic heterocycles. The van der Waals surface area contributed by atoms with Crippen molar-refractivity contribution in [2.75, 3.05) is 6.61 Å². The molecule has 0 saturated heterocycles. The topological polar surface area (TPSA) is 47.3 Å². The molecule has 0 aliphatic carbocycles. The lowest BCUT2D eigenvalue weighted by Gasteiger charge is -2.28. The summed E-state index contributed by atoms with van der Waals surface area (Å²) < 4.78 is 5.74. The van der Waals surface area contributed by atoms with Crippen LogP contribution in [0.4, 0.5) is 0 Å². The molecule has 2 atom stereocenters. The molecule has 1 heterocycles. The number of nitrogens with one attached hydrogen (secondary N) is 1. The van der Waals surface area contributed by atoms with Gasteiger partial charge in [0, 0.05) is 11.5 Å². The highest BCUT2D eigenvalue weighted by Crippen LogP contribution is 2.27. The SMILES string of the molecule is CCOC(C(C)C)C(NN)c1cccs1. The molecule has 0 aromatic carbocycles. The van der Waals surface area contributed by atoms with Crippen LogP contribution in [-0.4, -0.2) is 12.7 Å². The van der Waals surface area contributed by atoms with Crippen LogP contribution in [-0.2, 0) is 4.74 Å². The van der Waals surface area contributed by atoms with Crippen LogP contribution in [0.5, 0.6) is 0 Å². The quantitative estimate of drug-likeness (QED) is 0.580. The smallest absolute Gasteiger partial charge is 0.0817 e. The highest BCUT2D eigenvalue weighted by molar-refractivity contribution is 7.10. The summed E-state index contributed by atoms with van der Waals surface area (Å²) in [6.45, 7) is 7.03. The van der Waals surface area contributed by atoms with Gasteiger partial charge >= 0.3 is 0 Å². The van der Waals surface area contributed by atoms with Gasteiger partial charge in [0.1, 0.15) is 0 Å². The van der Waals surface area contributed by atoms with Crippen LogP contribution in [0.1, 0.15) is 31.7 Å². The molecular weight excluding hydrogens is 208 g/mol. The van der Waals surface area contributed by atoms with Crippen molar-refractivity contribution >= 4 is 11.3 Å². The summed E-state index contributed by atoms with van der Waals surface area (Å²) >= 11 is 1.70. The van der Waals surface area contributed by atoms with Gasteiger partial charge in [0.05, 0.1) is 12.1 Å². The fraction of sp³-hybridized carbons (Fsp3) is 0.636. The predicted octanol–water partition coefficient (Wildman–Crippen LogP) is 2.31. The van der Waals surface area contributed by atoms with Crippen LogP contribution in [0.25, 0.3) is 0 Å². The summed E-state index contributed by atoms with van der Waals surface area (Å²) in [7, 11) is 0. The average Bonchev–Trinajstić information content (AvgIpc) is 2.71. The lowest BCUT2D eigenvalue weighted by Crippen LogP contribution is -2.40. The van der Waals surface area contributed by atoms with Gasteiger partial charge in [-0.05, 0) is 24.3 Å². The second-order valence-electron chi connectivity index (χ2n) is 3.82. The molecule has 0 aliphatic rings. The Morgan fingerprint density at radius 1 is 1.53 bits per heavy atom. The fourth-order valence-corrected chi connectivity index (χ4v) is 2.49.